The first-order valence-corrected chi connectivity index (χ1v) is 12.2. The van der Waals surface area contributed by atoms with Gasteiger partial charge in [0.05, 0.1) is 11.6 Å². The average molecular weight is 501 g/mol. The molecule has 3 rings (SSSR count). The van der Waals surface area contributed by atoms with Crippen molar-refractivity contribution in [2.75, 3.05) is 5.88 Å². The van der Waals surface area contributed by atoms with Crippen molar-refractivity contribution in [3.8, 4) is 0 Å². The Kier molecular flexibility index (Phi) is 9.15. The summed E-state index contributed by atoms with van der Waals surface area (Å²) in [5.74, 6) is -0.377. The topological polar surface area (TPSA) is 86.2 Å². The third-order valence-corrected chi connectivity index (χ3v) is 5.89. The number of alkyl carbamates (subject to hydrolysis) is 1. The molecular weight excluding hydrogens is 468 g/mol. The predicted octanol–water partition coefficient (Wildman–Crippen LogP) is 5.61. The molecule has 188 valence electrons. The first-order valence-electron chi connectivity index (χ1n) is 11.7. The van der Waals surface area contributed by atoms with Crippen molar-refractivity contribution in [3.05, 3.63) is 71.8 Å². The molecule has 1 amide bonds. The molecule has 7 nitrogen and oxygen atoms in total. The van der Waals surface area contributed by atoms with E-state index in [0.717, 1.165) is 24.0 Å². The Morgan fingerprint density at radius 2 is 1.57 bits per heavy atom. The third kappa shape index (κ3) is 8.58. The number of esters is 1. The zero-order valence-electron chi connectivity index (χ0n) is 20.5. The van der Waals surface area contributed by atoms with Gasteiger partial charge in [-0.3, -0.25) is 0 Å². The molecule has 0 bridgehead atoms. The molecule has 2 aromatic carbocycles. The first kappa shape index (κ1) is 26.5. The largest absolute Gasteiger partial charge is 0.459 e. The van der Waals surface area contributed by atoms with Crippen LogP contribution < -0.4 is 5.32 Å². The van der Waals surface area contributed by atoms with E-state index >= 15 is 0 Å². The lowest BCUT2D eigenvalue weighted by molar-refractivity contribution is -0.148. The van der Waals surface area contributed by atoms with Gasteiger partial charge < -0.3 is 19.6 Å². The number of ether oxygens (including phenoxy) is 2. The molecule has 0 spiro atoms. The maximum Gasteiger partial charge on any atom is 0.408 e. The SMILES string of the molecule is CC(C)(C)OC(=O)N[C@@H](CC1(C(CCl)=NOCc2ccccc2)CC1)C(=O)OCc1ccccc1. The summed E-state index contributed by atoms with van der Waals surface area (Å²) in [6.07, 6.45) is 1.18. The van der Waals surface area contributed by atoms with Crippen LogP contribution in [-0.2, 0) is 32.3 Å². The highest BCUT2D eigenvalue weighted by Gasteiger charge is 2.50. The molecule has 0 radical (unpaired) electrons. The van der Waals surface area contributed by atoms with E-state index in [0.29, 0.717) is 18.7 Å². The van der Waals surface area contributed by atoms with Crippen LogP contribution in [0.3, 0.4) is 0 Å². The Morgan fingerprint density at radius 1 is 1.00 bits per heavy atom. The molecule has 0 aliphatic heterocycles. The number of carbonyl (C=O) groups excluding carboxylic acids is 2. The number of hydrogen-bond donors (Lipinski definition) is 1. The van der Waals surface area contributed by atoms with E-state index in [9.17, 15) is 9.59 Å². The zero-order valence-corrected chi connectivity index (χ0v) is 21.2. The Balaban J connectivity index is 1.69. The van der Waals surface area contributed by atoms with Crippen molar-refractivity contribution in [2.24, 2.45) is 10.6 Å². The molecule has 0 aromatic heterocycles. The minimum Gasteiger partial charge on any atom is -0.459 e. The smallest absolute Gasteiger partial charge is 0.408 e. The number of carbonyl (C=O) groups is 2. The fourth-order valence-corrected chi connectivity index (χ4v) is 3.98. The Bertz CT molecular complexity index is 1000. The van der Waals surface area contributed by atoms with Gasteiger partial charge in [0.15, 0.2) is 0 Å². The van der Waals surface area contributed by atoms with Gasteiger partial charge in [-0.1, -0.05) is 65.8 Å². The van der Waals surface area contributed by atoms with Crippen LogP contribution in [0.2, 0.25) is 0 Å². The number of oxime groups is 1. The normalized spacial score (nSPS) is 15.6. The van der Waals surface area contributed by atoms with E-state index in [-0.39, 0.29) is 12.5 Å². The minimum absolute atomic E-state index is 0.107. The van der Waals surface area contributed by atoms with Crippen LogP contribution in [0.15, 0.2) is 65.8 Å². The molecule has 35 heavy (non-hydrogen) atoms. The maximum absolute atomic E-state index is 13.0. The highest BCUT2D eigenvalue weighted by atomic mass is 35.5. The number of halogens is 1. The maximum atomic E-state index is 13.0. The molecule has 1 saturated carbocycles. The summed E-state index contributed by atoms with van der Waals surface area (Å²) < 4.78 is 10.9. The van der Waals surface area contributed by atoms with Crippen molar-refractivity contribution >= 4 is 29.4 Å². The van der Waals surface area contributed by atoms with Crippen molar-refractivity contribution < 1.29 is 23.9 Å². The minimum atomic E-state index is -0.918. The number of nitrogens with one attached hydrogen (secondary N) is 1. The molecule has 1 aliphatic rings. The van der Waals surface area contributed by atoms with Gasteiger partial charge in [-0.25, -0.2) is 9.59 Å². The highest BCUT2D eigenvalue weighted by molar-refractivity contribution is 6.29. The van der Waals surface area contributed by atoms with Gasteiger partial charge in [-0.05, 0) is 51.2 Å². The number of rotatable bonds is 11. The molecule has 8 heteroatoms. The van der Waals surface area contributed by atoms with Crippen LogP contribution >= 0.6 is 11.6 Å². The van der Waals surface area contributed by atoms with Gasteiger partial charge in [0.25, 0.3) is 0 Å². The summed E-state index contributed by atoms with van der Waals surface area (Å²) in [5.41, 5.74) is 1.36. The van der Waals surface area contributed by atoms with Gasteiger partial charge in [-0.15, -0.1) is 11.6 Å². The van der Waals surface area contributed by atoms with Gasteiger partial charge >= 0.3 is 12.1 Å². The average Bonchev–Trinajstić information content (AvgIpc) is 3.60. The fourth-order valence-electron chi connectivity index (χ4n) is 3.65. The first-order chi connectivity index (χ1) is 16.7. The summed E-state index contributed by atoms with van der Waals surface area (Å²) >= 11 is 6.23. The second-order valence-corrected chi connectivity index (χ2v) is 9.97. The van der Waals surface area contributed by atoms with E-state index in [1.54, 1.807) is 20.8 Å². The van der Waals surface area contributed by atoms with Gasteiger partial charge in [0, 0.05) is 5.41 Å². The summed E-state index contributed by atoms with van der Waals surface area (Å²) in [5, 5.41) is 7.00. The summed E-state index contributed by atoms with van der Waals surface area (Å²) in [4.78, 5) is 31.1. The lowest BCUT2D eigenvalue weighted by Gasteiger charge is -2.25. The van der Waals surface area contributed by atoms with Crippen molar-refractivity contribution in [2.45, 2.75) is 64.9 Å². The van der Waals surface area contributed by atoms with Gasteiger partial charge in [0.1, 0.15) is 24.9 Å². The standard InChI is InChI=1S/C27H33ClN2O5/c1-26(2,3)35-25(32)29-22(24(31)33-18-20-10-6-4-7-11-20)16-27(14-15-27)23(17-28)30-34-19-21-12-8-5-9-13-21/h4-13,22H,14-19H2,1-3H3,(H,29,32)/t22-/m0/s1. The van der Waals surface area contributed by atoms with Crippen LogP contribution in [-0.4, -0.2) is 35.3 Å². The number of hydrogen-bond acceptors (Lipinski definition) is 6. The van der Waals surface area contributed by atoms with Crippen LogP contribution in [0, 0.1) is 5.41 Å². The lowest BCUT2D eigenvalue weighted by Crippen LogP contribution is -2.46. The van der Waals surface area contributed by atoms with E-state index < -0.39 is 29.1 Å². The summed E-state index contributed by atoms with van der Waals surface area (Å²) in [6, 6.07) is 18.2. The van der Waals surface area contributed by atoms with E-state index in [2.05, 4.69) is 10.5 Å². The number of nitrogens with zero attached hydrogens (tertiary/aromatic N) is 1. The lowest BCUT2D eigenvalue weighted by atomic mass is 9.92. The Morgan fingerprint density at radius 3 is 2.09 bits per heavy atom. The van der Waals surface area contributed by atoms with Crippen molar-refractivity contribution in [1.82, 2.24) is 5.32 Å². The van der Waals surface area contributed by atoms with E-state index in [1.165, 1.54) is 0 Å². The van der Waals surface area contributed by atoms with Crippen LogP contribution in [0.25, 0.3) is 0 Å². The molecule has 1 fully saturated rings. The molecule has 0 saturated heterocycles. The highest BCUT2D eigenvalue weighted by Crippen LogP contribution is 2.51. The van der Waals surface area contributed by atoms with E-state index in [1.807, 2.05) is 60.7 Å². The molecule has 0 unspecified atom stereocenters. The number of benzene rings is 2. The van der Waals surface area contributed by atoms with Crippen LogP contribution in [0.4, 0.5) is 4.79 Å². The molecule has 1 N–H and O–H groups in total. The molecule has 2 aromatic rings. The van der Waals surface area contributed by atoms with Crippen molar-refractivity contribution in [3.63, 3.8) is 0 Å². The van der Waals surface area contributed by atoms with Crippen LogP contribution in [0.1, 0.15) is 51.2 Å². The second kappa shape index (κ2) is 12.1. The molecule has 1 aliphatic carbocycles. The molecular formula is C27H33ClN2O5. The molecule has 1 atom stereocenters. The summed E-state index contributed by atoms with van der Waals surface area (Å²) in [7, 11) is 0. The Hall–Kier alpha value is -3.06. The van der Waals surface area contributed by atoms with Crippen molar-refractivity contribution in [1.29, 1.82) is 0 Å². The van der Waals surface area contributed by atoms with Gasteiger partial charge in [0.2, 0.25) is 0 Å². The van der Waals surface area contributed by atoms with Gasteiger partial charge in [-0.2, -0.15) is 0 Å². The van der Waals surface area contributed by atoms with Crippen LogP contribution in [0.5, 0.6) is 0 Å². The monoisotopic (exact) mass is 500 g/mol. The quantitative estimate of drug-likeness (QED) is 0.188. The molecule has 0 heterocycles. The van der Waals surface area contributed by atoms with E-state index in [4.69, 9.17) is 25.9 Å². The predicted molar refractivity (Wildman–Crippen MR) is 135 cm³/mol. The number of alkyl halides is 1. The third-order valence-electron chi connectivity index (χ3n) is 5.64. The fraction of sp³-hybridized carbons (Fsp3) is 0.444. The number of amides is 1. The summed E-state index contributed by atoms with van der Waals surface area (Å²) in [6.45, 7) is 5.71. The Labute approximate surface area is 211 Å². The zero-order chi connectivity index (χ0) is 25.3. The second-order valence-electron chi connectivity index (χ2n) is 9.71.